The number of nitro groups is 1. The molecule has 0 heterocycles. The Bertz CT molecular complexity index is 466. The average Bonchev–Trinajstić information content (AvgIpc) is 2.33. The third-order valence-corrected chi connectivity index (χ3v) is 2.19. The van der Waals surface area contributed by atoms with Gasteiger partial charge in [-0.3, -0.25) is 10.1 Å². The van der Waals surface area contributed by atoms with Gasteiger partial charge in [0.1, 0.15) is 5.69 Å². The van der Waals surface area contributed by atoms with E-state index >= 15 is 0 Å². The lowest BCUT2D eigenvalue weighted by Crippen LogP contribution is -2.14. The van der Waals surface area contributed by atoms with E-state index in [1.807, 2.05) is 19.9 Å². The van der Waals surface area contributed by atoms with Crippen LogP contribution in [0.2, 0.25) is 0 Å². The van der Waals surface area contributed by atoms with Gasteiger partial charge in [0.25, 0.3) is 5.69 Å². The van der Waals surface area contributed by atoms with Gasteiger partial charge in [0.05, 0.1) is 29.3 Å². The Morgan fingerprint density at radius 3 is 2.83 bits per heavy atom. The summed E-state index contributed by atoms with van der Waals surface area (Å²) in [6.45, 7) is 4.73. The molecule has 1 rings (SSSR count). The van der Waals surface area contributed by atoms with Crippen molar-refractivity contribution < 1.29 is 9.66 Å². The van der Waals surface area contributed by atoms with Crippen molar-refractivity contribution in [2.45, 2.75) is 20.0 Å². The fourth-order valence-electron chi connectivity index (χ4n) is 1.39. The fourth-order valence-corrected chi connectivity index (χ4v) is 1.39. The van der Waals surface area contributed by atoms with Crippen molar-refractivity contribution in [3.05, 3.63) is 33.9 Å². The van der Waals surface area contributed by atoms with Crippen molar-refractivity contribution in [2.75, 3.05) is 18.5 Å². The molecule has 96 valence electrons. The minimum atomic E-state index is -0.479. The highest BCUT2D eigenvalue weighted by atomic mass is 16.6. The summed E-state index contributed by atoms with van der Waals surface area (Å²) < 4.78 is 5.32. The third kappa shape index (κ3) is 4.03. The van der Waals surface area contributed by atoms with Crippen molar-refractivity contribution in [3.8, 4) is 6.07 Å². The number of hydrogen-bond acceptors (Lipinski definition) is 5. The maximum absolute atomic E-state index is 10.8. The largest absolute Gasteiger partial charge is 0.377 e. The van der Waals surface area contributed by atoms with Crippen LogP contribution in [0.1, 0.15) is 19.4 Å². The zero-order chi connectivity index (χ0) is 13.5. The molecule has 0 aliphatic rings. The molecule has 1 N–H and O–H groups in total. The molecule has 0 amide bonds. The highest BCUT2D eigenvalue weighted by Crippen LogP contribution is 2.24. The first kappa shape index (κ1) is 13.9. The molecule has 0 spiro atoms. The zero-order valence-electron chi connectivity index (χ0n) is 10.3. The van der Waals surface area contributed by atoms with E-state index in [-0.39, 0.29) is 11.8 Å². The molecule has 0 unspecified atom stereocenters. The number of anilines is 1. The Hall–Kier alpha value is -2.13. The quantitative estimate of drug-likeness (QED) is 0.474. The van der Waals surface area contributed by atoms with Crippen molar-refractivity contribution in [3.63, 3.8) is 0 Å². The number of rotatable bonds is 6. The molecule has 0 aliphatic carbocycles. The van der Waals surface area contributed by atoms with Gasteiger partial charge in [0.15, 0.2) is 0 Å². The van der Waals surface area contributed by atoms with E-state index in [4.69, 9.17) is 10.00 Å². The maximum Gasteiger partial charge on any atom is 0.292 e. The summed E-state index contributed by atoms with van der Waals surface area (Å²) in [5.41, 5.74) is 0.679. The predicted octanol–water partition coefficient (Wildman–Crippen LogP) is 2.30. The minimum Gasteiger partial charge on any atom is -0.377 e. The van der Waals surface area contributed by atoms with Crippen molar-refractivity contribution >= 4 is 11.4 Å². The molecule has 6 heteroatoms. The van der Waals surface area contributed by atoms with Gasteiger partial charge in [-0.2, -0.15) is 5.26 Å². The van der Waals surface area contributed by atoms with Crippen LogP contribution in [0.25, 0.3) is 0 Å². The van der Waals surface area contributed by atoms with Gasteiger partial charge in [0, 0.05) is 12.6 Å². The highest BCUT2D eigenvalue weighted by molar-refractivity contribution is 5.64. The summed E-state index contributed by atoms with van der Waals surface area (Å²) in [5, 5.41) is 22.5. The van der Waals surface area contributed by atoms with Gasteiger partial charge in [-0.25, -0.2) is 0 Å². The number of nitrogens with zero attached hydrogens (tertiary/aromatic N) is 2. The Labute approximate surface area is 105 Å². The molecule has 18 heavy (non-hydrogen) atoms. The molecule has 0 saturated carbocycles. The maximum atomic E-state index is 10.8. The molecule has 1 aromatic carbocycles. The number of ether oxygens (including phenoxy) is 1. The molecule has 0 saturated heterocycles. The Morgan fingerprint density at radius 1 is 1.56 bits per heavy atom. The smallest absolute Gasteiger partial charge is 0.292 e. The van der Waals surface area contributed by atoms with E-state index in [0.717, 1.165) is 0 Å². The summed E-state index contributed by atoms with van der Waals surface area (Å²) in [6, 6.07) is 6.16. The summed E-state index contributed by atoms with van der Waals surface area (Å²) in [4.78, 5) is 10.3. The molecule has 0 atom stereocenters. The van der Waals surface area contributed by atoms with Crippen LogP contribution >= 0.6 is 0 Å². The van der Waals surface area contributed by atoms with Crippen LogP contribution in [0, 0.1) is 21.4 Å². The molecule has 0 fully saturated rings. The van der Waals surface area contributed by atoms with Gasteiger partial charge in [-0.05, 0) is 26.0 Å². The van der Waals surface area contributed by atoms with Crippen molar-refractivity contribution in [1.29, 1.82) is 5.26 Å². The van der Waals surface area contributed by atoms with Gasteiger partial charge in [0.2, 0.25) is 0 Å². The summed E-state index contributed by atoms with van der Waals surface area (Å²) in [6.07, 6.45) is 0.118. The van der Waals surface area contributed by atoms with E-state index < -0.39 is 4.92 Å². The Balaban J connectivity index is 2.73. The third-order valence-electron chi connectivity index (χ3n) is 2.19. The van der Waals surface area contributed by atoms with Crippen LogP contribution in [0.3, 0.4) is 0 Å². The number of nitrogens with one attached hydrogen (secondary N) is 1. The number of nitro benzene ring substituents is 1. The topological polar surface area (TPSA) is 88.2 Å². The molecule has 0 aromatic heterocycles. The number of hydrogen-bond donors (Lipinski definition) is 1. The molecular formula is C12H15N3O3. The van der Waals surface area contributed by atoms with Gasteiger partial charge < -0.3 is 10.1 Å². The molecule has 0 bridgehead atoms. The highest BCUT2D eigenvalue weighted by Gasteiger charge is 2.13. The molecule has 0 radical (unpaired) electrons. The second kappa shape index (κ2) is 6.57. The van der Waals surface area contributed by atoms with E-state index in [9.17, 15) is 10.1 Å². The summed E-state index contributed by atoms with van der Waals surface area (Å²) in [5.74, 6) is 0. The van der Waals surface area contributed by atoms with Crippen molar-refractivity contribution in [1.82, 2.24) is 0 Å². The molecule has 1 aromatic rings. The van der Waals surface area contributed by atoms with E-state index in [1.54, 1.807) is 0 Å². The van der Waals surface area contributed by atoms with Crippen LogP contribution in [-0.2, 0) is 4.74 Å². The van der Waals surface area contributed by atoms with Crippen LogP contribution in [0.4, 0.5) is 11.4 Å². The second-order valence-electron chi connectivity index (χ2n) is 3.95. The molecular weight excluding hydrogens is 234 g/mol. The number of nitriles is 1. The van der Waals surface area contributed by atoms with E-state index in [2.05, 4.69) is 5.32 Å². The first-order chi connectivity index (χ1) is 8.54. The average molecular weight is 249 g/mol. The monoisotopic (exact) mass is 249 g/mol. The van der Waals surface area contributed by atoms with E-state index in [0.29, 0.717) is 24.4 Å². The molecule has 6 nitrogen and oxygen atoms in total. The van der Waals surface area contributed by atoms with Gasteiger partial charge in [-0.1, -0.05) is 0 Å². The standard InChI is InChI=1S/C12H15N3O3/c1-9(2)18-6-5-14-11-7-10(8-13)3-4-12(11)15(16)17/h3-4,7,9,14H,5-6H2,1-2H3. The van der Waals surface area contributed by atoms with E-state index in [1.165, 1.54) is 18.2 Å². The lowest BCUT2D eigenvalue weighted by molar-refractivity contribution is -0.384. The normalized spacial score (nSPS) is 10.1. The second-order valence-corrected chi connectivity index (χ2v) is 3.95. The summed E-state index contributed by atoms with van der Waals surface area (Å²) in [7, 11) is 0. The first-order valence-corrected chi connectivity index (χ1v) is 5.58. The summed E-state index contributed by atoms with van der Waals surface area (Å²) >= 11 is 0. The zero-order valence-corrected chi connectivity index (χ0v) is 10.3. The van der Waals surface area contributed by atoms with Crippen LogP contribution in [0.15, 0.2) is 18.2 Å². The van der Waals surface area contributed by atoms with Crippen LogP contribution < -0.4 is 5.32 Å². The van der Waals surface area contributed by atoms with Gasteiger partial charge >= 0.3 is 0 Å². The lowest BCUT2D eigenvalue weighted by atomic mass is 10.2. The van der Waals surface area contributed by atoms with Crippen molar-refractivity contribution in [2.24, 2.45) is 0 Å². The van der Waals surface area contributed by atoms with Crippen LogP contribution in [0.5, 0.6) is 0 Å². The number of benzene rings is 1. The van der Waals surface area contributed by atoms with Gasteiger partial charge in [-0.15, -0.1) is 0 Å². The Kier molecular flexibility index (Phi) is 5.08. The van der Waals surface area contributed by atoms with Crippen LogP contribution in [-0.4, -0.2) is 24.2 Å². The molecule has 0 aliphatic heterocycles. The Morgan fingerprint density at radius 2 is 2.28 bits per heavy atom. The fraction of sp³-hybridized carbons (Fsp3) is 0.417. The minimum absolute atomic E-state index is 0.0430. The SMILES string of the molecule is CC(C)OCCNc1cc(C#N)ccc1[N+](=O)[O-]. The lowest BCUT2D eigenvalue weighted by Gasteiger charge is -2.10. The first-order valence-electron chi connectivity index (χ1n) is 5.58. The predicted molar refractivity (Wildman–Crippen MR) is 67.4 cm³/mol.